The standard InChI is InChI=1S/C20H34N2O3/c1-17(2,3)25-16(24)21-20(11-10-18(4,5)14-20)15(23)22-13-12-19(22)8-6-7-9-19/h6-14H2,1-5H3,(H,21,24). The Morgan fingerprint density at radius 2 is 1.64 bits per heavy atom. The van der Waals surface area contributed by atoms with Crippen LogP contribution in [-0.4, -0.2) is 40.1 Å². The van der Waals surface area contributed by atoms with Crippen LogP contribution in [0.1, 0.15) is 86.0 Å². The molecule has 2 saturated carbocycles. The second-order valence-electron chi connectivity index (χ2n) is 10.2. The fraction of sp³-hybridized carbons (Fsp3) is 0.900. The molecule has 142 valence electrons. The number of rotatable bonds is 2. The lowest BCUT2D eigenvalue weighted by Crippen LogP contribution is -2.68. The summed E-state index contributed by atoms with van der Waals surface area (Å²) in [6.07, 6.45) is 7.62. The van der Waals surface area contributed by atoms with Crippen LogP contribution in [0.3, 0.4) is 0 Å². The molecule has 0 aromatic rings. The van der Waals surface area contributed by atoms with Crippen LogP contribution in [0.15, 0.2) is 0 Å². The normalized spacial score (nSPS) is 30.2. The highest BCUT2D eigenvalue weighted by Crippen LogP contribution is 2.50. The van der Waals surface area contributed by atoms with E-state index >= 15 is 0 Å². The van der Waals surface area contributed by atoms with Crippen molar-refractivity contribution >= 4 is 12.0 Å². The van der Waals surface area contributed by atoms with E-state index in [1.807, 2.05) is 20.8 Å². The van der Waals surface area contributed by atoms with Gasteiger partial charge in [-0.15, -0.1) is 0 Å². The summed E-state index contributed by atoms with van der Waals surface area (Å²) in [6.45, 7) is 10.7. The molecular weight excluding hydrogens is 316 g/mol. The Labute approximate surface area is 151 Å². The third-order valence-corrected chi connectivity index (χ3v) is 6.31. The van der Waals surface area contributed by atoms with Gasteiger partial charge in [0.2, 0.25) is 5.91 Å². The van der Waals surface area contributed by atoms with E-state index < -0.39 is 17.2 Å². The average molecular weight is 351 g/mol. The molecule has 5 heteroatoms. The summed E-state index contributed by atoms with van der Waals surface area (Å²) in [7, 11) is 0. The van der Waals surface area contributed by atoms with Gasteiger partial charge in [0.15, 0.2) is 0 Å². The first-order valence-electron chi connectivity index (χ1n) is 9.80. The van der Waals surface area contributed by atoms with Gasteiger partial charge in [-0.05, 0) is 64.7 Å². The predicted octanol–water partition coefficient (Wildman–Crippen LogP) is 4.01. The van der Waals surface area contributed by atoms with E-state index in [4.69, 9.17) is 4.74 Å². The van der Waals surface area contributed by atoms with Gasteiger partial charge in [-0.3, -0.25) is 4.79 Å². The van der Waals surface area contributed by atoms with Gasteiger partial charge in [0.05, 0.1) is 0 Å². The maximum absolute atomic E-state index is 13.6. The highest BCUT2D eigenvalue weighted by Gasteiger charge is 2.57. The van der Waals surface area contributed by atoms with Gasteiger partial charge in [0.25, 0.3) is 0 Å². The highest BCUT2D eigenvalue weighted by atomic mass is 16.6. The van der Waals surface area contributed by atoms with Crippen LogP contribution < -0.4 is 5.32 Å². The summed E-state index contributed by atoms with van der Waals surface area (Å²) < 4.78 is 5.47. The summed E-state index contributed by atoms with van der Waals surface area (Å²) >= 11 is 0. The molecule has 2 aliphatic carbocycles. The number of hydrogen-bond donors (Lipinski definition) is 1. The molecule has 1 spiro atoms. The van der Waals surface area contributed by atoms with E-state index in [0.717, 1.165) is 32.2 Å². The fourth-order valence-corrected chi connectivity index (χ4v) is 5.06. The molecule has 1 unspecified atom stereocenters. The van der Waals surface area contributed by atoms with Gasteiger partial charge in [-0.25, -0.2) is 4.79 Å². The first-order chi connectivity index (χ1) is 11.5. The van der Waals surface area contributed by atoms with Crippen molar-refractivity contribution < 1.29 is 14.3 Å². The second-order valence-corrected chi connectivity index (χ2v) is 10.2. The largest absolute Gasteiger partial charge is 0.444 e. The van der Waals surface area contributed by atoms with Gasteiger partial charge >= 0.3 is 6.09 Å². The molecule has 25 heavy (non-hydrogen) atoms. The number of likely N-dealkylation sites (tertiary alicyclic amines) is 1. The van der Waals surface area contributed by atoms with Crippen molar-refractivity contribution in [3.05, 3.63) is 0 Å². The van der Waals surface area contributed by atoms with Crippen LogP contribution in [-0.2, 0) is 9.53 Å². The lowest BCUT2D eigenvalue weighted by atomic mass is 9.79. The van der Waals surface area contributed by atoms with Crippen molar-refractivity contribution in [2.24, 2.45) is 5.41 Å². The molecule has 1 aliphatic heterocycles. The Morgan fingerprint density at radius 1 is 1.00 bits per heavy atom. The van der Waals surface area contributed by atoms with E-state index in [2.05, 4.69) is 24.1 Å². The highest BCUT2D eigenvalue weighted by molar-refractivity contribution is 5.91. The second kappa shape index (κ2) is 5.88. The van der Waals surface area contributed by atoms with Crippen molar-refractivity contribution in [1.29, 1.82) is 0 Å². The molecule has 0 radical (unpaired) electrons. The first kappa shape index (κ1) is 18.5. The Balaban J connectivity index is 1.80. The van der Waals surface area contributed by atoms with E-state index in [1.54, 1.807) is 0 Å². The molecule has 5 nitrogen and oxygen atoms in total. The number of ether oxygens (including phenoxy) is 1. The third kappa shape index (κ3) is 3.52. The molecule has 0 aromatic heterocycles. The predicted molar refractivity (Wildman–Crippen MR) is 97.3 cm³/mol. The van der Waals surface area contributed by atoms with Crippen LogP contribution in [0, 0.1) is 5.41 Å². The van der Waals surface area contributed by atoms with Crippen molar-refractivity contribution in [2.75, 3.05) is 6.54 Å². The maximum Gasteiger partial charge on any atom is 0.408 e. The fourth-order valence-electron chi connectivity index (χ4n) is 5.06. The quantitative estimate of drug-likeness (QED) is 0.819. The number of alkyl carbamates (subject to hydrolysis) is 1. The van der Waals surface area contributed by atoms with Gasteiger partial charge < -0.3 is 15.0 Å². The number of nitrogens with zero attached hydrogens (tertiary/aromatic N) is 1. The molecule has 2 amide bonds. The molecule has 0 aromatic carbocycles. The minimum absolute atomic E-state index is 0.0539. The van der Waals surface area contributed by atoms with Gasteiger partial charge in [0.1, 0.15) is 11.1 Å². The zero-order chi connectivity index (χ0) is 18.5. The SMILES string of the molecule is CC1(C)CCC(NC(=O)OC(C)(C)C)(C(=O)N2CCC23CCCC3)C1. The molecule has 1 N–H and O–H groups in total. The summed E-state index contributed by atoms with van der Waals surface area (Å²) in [4.78, 5) is 28.1. The maximum atomic E-state index is 13.6. The lowest BCUT2D eigenvalue weighted by Gasteiger charge is -2.54. The molecule has 3 aliphatic rings. The van der Waals surface area contributed by atoms with E-state index in [9.17, 15) is 9.59 Å². The summed E-state index contributed by atoms with van der Waals surface area (Å²) in [5, 5.41) is 3.01. The number of hydrogen-bond acceptors (Lipinski definition) is 3. The first-order valence-corrected chi connectivity index (χ1v) is 9.80. The average Bonchev–Trinajstić information content (AvgIpc) is 3.02. The van der Waals surface area contributed by atoms with Crippen LogP contribution in [0.4, 0.5) is 4.79 Å². The topological polar surface area (TPSA) is 58.6 Å². The molecule has 1 heterocycles. The molecular formula is C20H34N2O3. The summed E-state index contributed by atoms with van der Waals surface area (Å²) in [5.41, 5.74) is -1.24. The Hall–Kier alpha value is -1.26. The zero-order valence-corrected chi connectivity index (χ0v) is 16.5. The number of carbonyl (C=O) groups excluding carboxylic acids is 2. The van der Waals surface area contributed by atoms with Crippen LogP contribution in [0.5, 0.6) is 0 Å². The van der Waals surface area contributed by atoms with E-state index in [-0.39, 0.29) is 16.9 Å². The van der Waals surface area contributed by atoms with Crippen LogP contribution in [0.2, 0.25) is 0 Å². The number of carbonyl (C=O) groups is 2. The summed E-state index contributed by atoms with van der Waals surface area (Å²) in [6, 6.07) is 0. The Morgan fingerprint density at radius 3 is 2.08 bits per heavy atom. The van der Waals surface area contributed by atoms with E-state index in [0.29, 0.717) is 12.8 Å². The lowest BCUT2D eigenvalue weighted by molar-refractivity contribution is -0.155. The Kier molecular flexibility index (Phi) is 4.36. The van der Waals surface area contributed by atoms with Gasteiger partial charge in [-0.2, -0.15) is 0 Å². The van der Waals surface area contributed by atoms with Crippen LogP contribution >= 0.6 is 0 Å². The van der Waals surface area contributed by atoms with Crippen molar-refractivity contribution in [2.45, 2.75) is 103 Å². The zero-order valence-electron chi connectivity index (χ0n) is 16.5. The van der Waals surface area contributed by atoms with Gasteiger partial charge in [-0.1, -0.05) is 26.7 Å². The molecule has 3 fully saturated rings. The number of amides is 2. The molecule has 1 atom stereocenters. The smallest absolute Gasteiger partial charge is 0.408 e. The number of nitrogens with one attached hydrogen (secondary N) is 1. The minimum atomic E-state index is -0.804. The van der Waals surface area contributed by atoms with Crippen molar-refractivity contribution in [3.63, 3.8) is 0 Å². The van der Waals surface area contributed by atoms with Crippen molar-refractivity contribution in [1.82, 2.24) is 10.2 Å². The van der Waals surface area contributed by atoms with Crippen molar-refractivity contribution in [3.8, 4) is 0 Å². The third-order valence-electron chi connectivity index (χ3n) is 6.31. The van der Waals surface area contributed by atoms with E-state index in [1.165, 1.54) is 12.8 Å². The summed E-state index contributed by atoms with van der Waals surface area (Å²) in [5.74, 6) is 0.122. The molecule has 3 rings (SSSR count). The molecule has 0 bridgehead atoms. The Bertz CT molecular complexity index is 558. The van der Waals surface area contributed by atoms with Gasteiger partial charge in [0, 0.05) is 12.1 Å². The minimum Gasteiger partial charge on any atom is -0.444 e. The molecule has 1 saturated heterocycles. The van der Waals surface area contributed by atoms with Crippen LogP contribution in [0.25, 0.3) is 0 Å². The monoisotopic (exact) mass is 350 g/mol.